The number of ether oxygens (including phenoxy) is 1. The number of aromatic carboxylic acids is 1. The van der Waals surface area contributed by atoms with Crippen LogP contribution in [0.25, 0.3) is 0 Å². The number of amides is 2. The van der Waals surface area contributed by atoms with Crippen LogP contribution < -0.4 is 15.0 Å². The first-order valence-electron chi connectivity index (χ1n) is 14.6. The summed E-state index contributed by atoms with van der Waals surface area (Å²) in [4.78, 5) is 48.9. The Labute approximate surface area is 269 Å². The van der Waals surface area contributed by atoms with Crippen molar-refractivity contribution in [2.75, 3.05) is 23.4 Å². The molecule has 9 nitrogen and oxygen atoms in total. The lowest BCUT2D eigenvalue weighted by Gasteiger charge is -2.40. The Morgan fingerprint density at radius 3 is 2.56 bits per heavy atom. The van der Waals surface area contributed by atoms with Crippen LogP contribution >= 0.6 is 23.2 Å². The van der Waals surface area contributed by atoms with E-state index in [1.54, 1.807) is 29.2 Å². The Bertz CT molecular complexity index is 1850. The van der Waals surface area contributed by atoms with Crippen LogP contribution in [0.1, 0.15) is 39.9 Å². The minimum Gasteiger partial charge on any atom is -0.494 e. The standard InChI is InChI=1S/C34H28Cl2N4O5/c1-2-45-24-8-3-5-19(15-24)17-40-26-18-39(23-11-9-20(10-12-23)32(42)43)31(41)28(26)29(21-6-4-7-22(35)16-21)34(40)25-13-14-27(36)37-30(25)38-33(34)44/h3-16,26,28-29H,2,17-18H2,1H3,(H,42,43)(H,37,38,44)/t26-,28+,29-,34+/m0/s1. The van der Waals surface area contributed by atoms with Gasteiger partial charge in [-0.05, 0) is 78.7 Å². The van der Waals surface area contributed by atoms with Crippen molar-refractivity contribution in [3.8, 4) is 5.75 Å². The van der Waals surface area contributed by atoms with E-state index in [0.29, 0.717) is 41.0 Å². The Hall–Kier alpha value is -4.44. The van der Waals surface area contributed by atoms with Gasteiger partial charge in [-0.25, -0.2) is 9.78 Å². The normalized spacial score (nSPS) is 23.7. The minimum absolute atomic E-state index is 0.127. The summed E-state index contributed by atoms with van der Waals surface area (Å²) in [6.45, 7) is 3.03. The molecule has 4 atom stereocenters. The SMILES string of the molecule is CCOc1cccc(CN2[C@H]3CN(c4ccc(C(=O)O)cc4)C(=O)[C@H]3[C@H](c3cccc(Cl)c3)[C@]23C(=O)Nc2nc(Cl)ccc23)c1. The van der Waals surface area contributed by atoms with Gasteiger partial charge in [-0.1, -0.05) is 47.5 Å². The molecule has 2 fully saturated rings. The first-order valence-corrected chi connectivity index (χ1v) is 15.3. The molecule has 4 aromatic rings. The van der Waals surface area contributed by atoms with Crippen molar-refractivity contribution < 1.29 is 24.2 Å². The zero-order chi connectivity index (χ0) is 31.5. The van der Waals surface area contributed by atoms with Gasteiger partial charge in [0.05, 0.1) is 18.1 Å². The fourth-order valence-electron chi connectivity index (χ4n) is 7.35. The summed E-state index contributed by atoms with van der Waals surface area (Å²) in [5, 5.41) is 13.1. The number of pyridine rings is 1. The van der Waals surface area contributed by atoms with Crippen molar-refractivity contribution in [2.45, 2.75) is 31.0 Å². The maximum absolute atomic E-state index is 14.6. The van der Waals surface area contributed by atoms with Gasteiger partial charge in [0.1, 0.15) is 22.3 Å². The van der Waals surface area contributed by atoms with Gasteiger partial charge < -0.3 is 20.1 Å². The maximum Gasteiger partial charge on any atom is 0.335 e. The number of hydrogen-bond acceptors (Lipinski definition) is 6. The summed E-state index contributed by atoms with van der Waals surface area (Å²) in [6.07, 6.45) is 0. The third-order valence-electron chi connectivity index (χ3n) is 9.04. The monoisotopic (exact) mass is 642 g/mol. The van der Waals surface area contributed by atoms with E-state index in [1.165, 1.54) is 12.1 Å². The second-order valence-electron chi connectivity index (χ2n) is 11.4. The number of carbonyl (C=O) groups excluding carboxylic acids is 2. The number of carboxylic acids is 1. The number of rotatable bonds is 7. The molecule has 11 heteroatoms. The van der Waals surface area contributed by atoms with Gasteiger partial charge in [0.25, 0.3) is 5.91 Å². The molecule has 0 saturated carbocycles. The molecule has 3 aromatic carbocycles. The fraction of sp³-hybridized carbons (Fsp3) is 0.235. The van der Waals surface area contributed by atoms with Crippen LogP contribution in [0.5, 0.6) is 5.75 Å². The van der Waals surface area contributed by atoms with Crippen molar-refractivity contribution in [3.05, 3.63) is 117 Å². The number of nitrogens with zero attached hydrogens (tertiary/aromatic N) is 3. The van der Waals surface area contributed by atoms with Crippen LogP contribution in [0.2, 0.25) is 10.2 Å². The van der Waals surface area contributed by atoms with Gasteiger partial charge in [0.15, 0.2) is 0 Å². The molecule has 0 radical (unpaired) electrons. The number of halogens is 2. The average molecular weight is 644 g/mol. The minimum atomic E-state index is -1.32. The molecule has 228 valence electrons. The Kier molecular flexibility index (Phi) is 7.27. The molecular formula is C34H28Cl2N4O5. The molecule has 2 saturated heterocycles. The van der Waals surface area contributed by atoms with Gasteiger partial charge in [0, 0.05) is 41.3 Å². The maximum atomic E-state index is 14.6. The molecule has 2 amide bonds. The van der Waals surface area contributed by atoms with E-state index in [-0.39, 0.29) is 29.1 Å². The van der Waals surface area contributed by atoms with Crippen LogP contribution in [-0.2, 0) is 21.7 Å². The van der Waals surface area contributed by atoms with E-state index in [9.17, 15) is 19.5 Å². The highest BCUT2D eigenvalue weighted by Gasteiger charge is 2.71. The number of carbonyl (C=O) groups is 3. The molecule has 2 N–H and O–H groups in total. The van der Waals surface area contributed by atoms with Gasteiger partial charge in [-0.15, -0.1) is 0 Å². The van der Waals surface area contributed by atoms with Gasteiger partial charge in [0.2, 0.25) is 5.91 Å². The Morgan fingerprint density at radius 2 is 1.82 bits per heavy atom. The third-order valence-corrected chi connectivity index (χ3v) is 9.49. The molecule has 3 aliphatic rings. The molecular weight excluding hydrogens is 615 g/mol. The number of aromatic nitrogens is 1. The molecule has 45 heavy (non-hydrogen) atoms. The van der Waals surface area contributed by atoms with Crippen molar-refractivity contribution in [1.82, 2.24) is 9.88 Å². The number of benzene rings is 3. The average Bonchev–Trinajstić information content (AvgIpc) is 3.60. The van der Waals surface area contributed by atoms with Crippen molar-refractivity contribution in [1.29, 1.82) is 0 Å². The lowest BCUT2D eigenvalue weighted by molar-refractivity contribution is -0.128. The Morgan fingerprint density at radius 1 is 1.04 bits per heavy atom. The molecule has 4 heterocycles. The second-order valence-corrected chi connectivity index (χ2v) is 12.2. The van der Waals surface area contributed by atoms with Crippen LogP contribution in [-0.4, -0.2) is 52.0 Å². The summed E-state index contributed by atoms with van der Waals surface area (Å²) < 4.78 is 5.79. The summed E-state index contributed by atoms with van der Waals surface area (Å²) in [7, 11) is 0. The number of anilines is 2. The number of hydrogen-bond donors (Lipinski definition) is 2. The van der Waals surface area contributed by atoms with E-state index in [4.69, 9.17) is 27.9 Å². The first kappa shape index (κ1) is 29.3. The smallest absolute Gasteiger partial charge is 0.335 e. The number of nitrogens with one attached hydrogen (secondary N) is 1. The zero-order valence-corrected chi connectivity index (χ0v) is 25.6. The van der Waals surface area contributed by atoms with Gasteiger partial charge >= 0.3 is 5.97 Å². The molecule has 1 spiro atoms. The zero-order valence-electron chi connectivity index (χ0n) is 24.1. The predicted molar refractivity (Wildman–Crippen MR) is 170 cm³/mol. The quantitative estimate of drug-likeness (QED) is 0.239. The van der Waals surface area contributed by atoms with Crippen LogP contribution in [0, 0.1) is 5.92 Å². The van der Waals surface area contributed by atoms with Crippen LogP contribution in [0.3, 0.4) is 0 Å². The Balaban J connectivity index is 1.43. The molecule has 0 unspecified atom stereocenters. The predicted octanol–water partition coefficient (Wildman–Crippen LogP) is 5.96. The highest BCUT2D eigenvalue weighted by molar-refractivity contribution is 6.30. The van der Waals surface area contributed by atoms with Crippen molar-refractivity contribution in [2.24, 2.45) is 5.92 Å². The summed E-state index contributed by atoms with van der Waals surface area (Å²) in [5.41, 5.74) is 1.69. The molecule has 1 aromatic heterocycles. The van der Waals surface area contributed by atoms with Crippen molar-refractivity contribution >= 4 is 52.5 Å². The van der Waals surface area contributed by atoms with E-state index in [1.807, 2.05) is 55.5 Å². The summed E-state index contributed by atoms with van der Waals surface area (Å²) in [6, 6.07) is 24.4. The lowest BCUT2D eigenvalue weighted by Crippen LogP contribution is -2.53. The van der Waals surface area contributed by atoms with E-state index in [2.05, 4.69) is 15.2 Å². The van der Waals surface area contributed by atoms with E-state index >= 15 is 0 Å². The third kappa shape index (κ3) is 4.65. The van der Waals surface area contributed by atoms with Crippen LogP contribution in [0.15, 0.2) is 84.9 Å². The number of fused-ring (bicyclic) bond motifs is 3. The molecule has 3 aliphatic heterocycles. The van der Waals surface area contributed by atoms with Gasteiger partial charge in [-0.3, -0.25) is 14.5 Å². The topological polar surface area (TPSA) is 112 Å². The molecule has 0 aliphatic carbocycles. The lowest BCUT2D eigenvalue weighted by atomic mass is 9.71. The first-order chi connectivity index (χ1) is 21.7. The molecule has 0 bridgehead atoms. The summed E-state index contributed by atoms with van der Waals surface area (Å²) in [5.74, 6) is -1.73. The fourth-order valence-corrected chi connectivity index (χ4v) is 7.70. The van der Waals surface area contributed by atoms with E-state index in [0.717, 1.165) is 11.1 Å². The number of likely N-dealkylation sites (tertiary alicyclic amines) is 1. The summed E-state index contributed by atoms with van der Waals surface area (Å²) >= 11 is 12.8. The largest absolute Gasteiger partial charge is 0.494 e. The van der Waals surface area contributed by atoms with E-state index < -0.39 is 29.4 Å². The second kappa shape index (κ2) is 11.2. The highest BCUT2D eigenvalue weighted by Crippen LogP contribution is 2.61. The number of carboxylic acid groups (broad SMARTS) is 1. The van der Waals surface area contributed by atoms with Crippen LogP contribution in [0.4, 0.5) is 11.5 Å². The molecule has 7 rings (SSSR count). The van der Waals surface area contributed by atoms with Gasteiger partial charge in [-0.2, -0.15) is 0 Å². The highest BCUT2D eigenvalue weighted by atomic mass is 35.5. The van der Waals surface area contributed by atoms with Crippen molar-refractivity contribution in [3.63, 3.8) is 0 Å².